The molecule has 11 heavy (non-hydrogen) atoms. The molecule has 0 bridgehead atoms. The van der Waals surface area contributed by atoms with E-state index in [1.165, 1.54) is 0 Å². The summed E-state index contributed by atoms with van der Waals surface area (Å²) < 4.78 is 0. The second kappa shape index (κ2) is 3.05. The van der Waals surface area contributed by atoms with Gasteiger partial charge in [0.25, 0.3) is 0 Å². The summed E-state index contributed by atoms with van der Waals surface area (Å²) in [6.45, 7) is 1.78. The number of nitrogens with one attached hydrogen (secondary N) is 1. The molecular weight excluding hydrogens is 140 g/mol. The van der Waals surface area contributed by atoms with Crippen molar-refractivity contribution in [3.8, 4) is 0 Å². The predicted octanol–water partition coefficient (Wildman–Crippen LogP) is 0.903. The normalized spacial score (nSPS) is 11.5. The lowest BCUT2D eigenvalue weighted by Crippen LogP contribution is -2.12. The van der Waals surface area contributed by atoms with Crippen LogP contribution in [0.25, 0.3) is 5.57 Å². The molecule has 0 radical (unpaired) electrons. The third-order valence-corrected chi connectivity index (χ3v) is 1.44. The molecule has 1 amide bonds. The maximum atomic E-state index is 10.8. The number of aromatic amines is 1. The number of primary amides is 1. The molecule has 0 aliphatic rings. The average molecular weight is 150 g/mol. The fraction of sp³-hybridized carbons (Fsp3) is 0.125. The van der Waals surface area contributed by atoms with Crippen LogP contribution in [0.4, 0.5) is 0 Å². The Kier molecular flexibility index (Phi) is 2.11. The molecule has 0 unspecified atom stereocenters. The van der Waals surface area contributed by atoms with Gasteiger partial charge in [-0.2, -0.15) is 0 Å². The van der Waals surface area contributed by atoms with Crippen LogP contribution in [0.2, 0.25) is 0 Å². The van der Waals surface area contributed by atoms with Crippen molar-refractivity contribution in [3.63, 3.8) is 0 Å². The van der Waals surface area contributed by atoms with E-state index in [2.05, 4.69) is 4.98 Å². The molecule has 3 N–H and O–H groups in total. The second-order valence-corrected chi connectivity index (χ2v) is 2.15. The molecule has 0 saturated carbocycles. The topological polar surface area (TPSA) is 58.9 Å². The zero-order valence-corrected chi connectivity index (χ0v) is 6.29. The predicted molar refractivity (Wildman–Crippen MR) is 43.6 cm³/mol. The fourth-order valence-electron chi connectivity index (χ4n) is 0.928. The summed E-state index contributed by atoms with van der Waals surface area (Å²) in [5, 5.41) is 0. The van der Waals surface area contributed by atoms with Gasteiger partial charge in [-0.15, -0.1) is 0 Å². The average Bonchev–Trinajstić information content (AvgIpc) is 2.40. The van der Waals surface area contributed by atoms with Gasteiger partial charge < -0.3 is 10.7 Å². The number of amides is 1. The number of carbonyl (C=O) groups is 1. The first-order valence-electron chi connectivity index (χ1n) is 3.35. The lowest BCUT2D eigenvalue weighted by molar-refractivity contribution is -0.112. The van der Waals surface area contributed by atoms with Crippen LogP contribution in [-0.2, 0) is 4.79 Å². The number of carbonyl (C=O) groups excluding carboxylic acids is 1. The molecule has 1 aromatic heterocycles. The maximum absolute atomic E-state index is 10.8. The number of H-pyrrole nitrogens is 1. The minimum atomic E-state index is -0.407. The van der Waals surface area contributed by atoms with E-state index in [-0.39, 0.29) is 0 Å². The summed E-state index contributed by atoms with van der Waals surface area (Å²) in [5.41, 5.74) is 6.40. The van der Waals surface area contributed by atoms with E-state index < -0.39 is 5.91 Å². The molecule has 1 rings (SSSR count). The SMILES string of the molecule is CC=C(C(N)=O)c1ccc[nH]1. The molecule has 0 atom stereocenters. The van der Waals surface area contributed by atoms with Gasteiger partial charge in [-0.3, -0.25) is 4.79 Å². The van der Waals surface area contributed by atoms with Crippen molar-refractivity contribution in [2.24, 2.45) is 5.73 Å². The van der Waals surface area contributed by atoms with Crippen LogP contribution in [0.3, 0.4) is 0 Å². The highest BCUT2D eigenvalue weighted by atomic mass is 16.1. The molecule has 0 spiro atoms. The largest absolute Gasteiger partial charge is 0.366 e. The van der Waals surface area contributed by atoms with Crippen molar-refractivity contribution >= 4 is 11.5 Å². The summed E-state index contributed by atoms with van der Waals surface area (Å²) >= 11 is 0. The zero-order valence-electron chi connectivity index (χ0n) is 6.29. The Hall–Kier alpha value is -1.51. The van der Waals surface area contributed by atoms with E-state index >= 15 is 0 Å². The summed E-state index contributed by atoms with van der Waals surface area (Å²) in [7, 11) is 0. The monoisotopic (exact) mass is 150 g/mol. The van der Waals surface area contributed by atoms with Crippen molar-refractivity contribution in [1.82, 2.24) is 4.98 Å². The smallest absolute Gasteiger partial charge is 0.250 e. The molecule has 3 nitrogen and oxygen atoms in total. The number of nitrogens with two attached hydrogens (primary N) is 1. The number of hydrogen-bond acceptors (Lipinski definition) is 1. The van der Waals surface area contributed by atoms with Crippen LogP contribution in [0.5, 0.6) is 0 Å². The first-order valence-corrected chi connectivity index (χ1v) is 3.35. The lowest BCUT2D eigenvalue weighted by atomic mass is 10.2. The van der Waals surface area contributed by atoms with Gasteiger partial charge in [-0.1, -0.05) is 6.08 Å². The van der Waals surface area contributed by atoms with Gasteiger partial charge in [0.15, 0.2) is 0 Å². The summed E-state index contributed by atoms with van der Waals surface area (Å²) in [5.74, 6) is -0.407. The Labute approximate surface area is 64.9 Å². The van der Waals surface area contributed by atoms with Gasteiger partial charge in [0.2, 0.25) is 5.91 Å². The van der Waals surface area contributed by atoms with E-state index in [1.54, 1.807) is 25.3 Å². The highest BCUT2D eigenvalue weighted by Crippen LogP contribution is 2.09. The molecule has 58 valence electrons. The van der Waals surface area contributed by atoms with Gasteiger partial charge >= 0.3 is 0 Å². The standard InChI is InChI=1S/C8H10N2O/c1-2-6(8(9)11)7-4-3-5-10-7/h2-5,10H,1H3,(H2,9,11). The quantitative estimate of drug-likeness (QED) is 0.604. The van der Waals surface area contributed by atoms with Crippen LogP contribution in [0, 0.1) is 0 Å². The van der Waals surface area contributed by atoms with E-state index in [1.807, 2.05) is 6.07 Å². The summed E-state index contributed by atoms with van der Waals surface area (Å²) in [6.07, 6.45) is 3.44. The van der Waals surface area contributed by atoms with E-state index in [4.69, 9.17) is 5.73 Å². The number of allylic oxidation sites excluding steroid dienone is 1. The Morgan fingerprint density at radius 1 is 1.73 bits per heavy atom. The highest BCUT2D eigenvalue weighted by molar-refractivity contribution is 6.17. The van der Waals surface area contributed by atoms with Crippen LogP contribution in [0.1, 0.15) is 12.6 Å². The van der Waals surface area contributed by atoms with Gasteiger partial charge in [0.1, 0.15) is 0 Å². The molecule has 1 heterocycles. The van der Waals surface area contributed by atoms with Crippen LogP contribution in [0.15, 0.2) is 24.4 Å². The Morgan fingerprint density at radius 3 is 2.82 bits per heavy atom. The van der Waals surface area contributed by atoms with Crippen molar-refractivity contribution in [2.75, 3.05) is 0 Å². The molecular formula is C8H10N2O. The Balaban J connectivity index is 2.99. The Bertz CT molecular complexity index is 272. The van der Waals surface area contributed by atoms with Gasteiger partial charge in [0, 0.05) is 6.20 Å². The zero-order chi connectivity index (χ0) is 8.27. The molecule has 1 aromatic rings. The minimum absolute atomic E-state index is 0.407. The fourth-order valence-corrected chi connectivity index (χ4v) is 0.928. The van der Waals surface area contributed by atoms with Crippen LogP contribution >= 0.6 is 0 Å². The third-order valence-electron chi connectivity index (χ3n) is 1.44. The van der Waals surface area contributed by atoms with Crippen molar-refractivity contribution in [1.29, 1.82) is 0 Å². The van der Waals surface area contributed by atoms with Crippen molar-refractivity contribution < 1.29 is 4.79 Å². The van der Waals surface area contributed by atoms with Crippen molar-refractivity contribution in [2.45, 2.75) is 6.92 Å². The number of aromatic nitrogens is 1. The second-order valence-electron chi connectivity index (χ2n) is 2.15. The highest BCUT2D eigenvalue weighted by Gasteiger charge is 2.05. The third kappa shape index (κ3) is 1.49. The van der Waals surface area contributed by atoms with Gasteiger partial charge in [-0.25, -0.2) is 0 Å². The minimum Gasteiger partial charge on any atom is -0.366 e. The molecule has 0 fully saturated rings. The number of hydrogen-bond donors (Lipinski definition) is 2. The molecule has 0 saturated heterocycles. The lowest BCUT2D eigenvalue weighted by Gasteiger charge is -1.96. The van der Waals surface area contributed by atoms with Gasteiger partial charge in [0.05, 0.1) is 11.3 Å². The molecule has 0 aromatic carbocycles. The summed E-state index contributed by atoms with van der Waals surface area (Å²) in [6, 6.07) is 3.63. The first-order chi connectivity index (χ1) is 5.25. The number of rotatable bonds is 2. The van der Waals surface area contributed by atoms with E-state index in [0.717, 1.165) is 5.69 Å². The van der Waals surface area contributed by atoms with Crippen LogP contribution < -0.4 is 5.73 Å². The Morgan fingerprint density at radius 2 is 2.45 bits per heavy atom. The van der Waals surface area contributed by atoms with E-state index in [9.17, 15) is 4.79 Å². The molecule has 0 aliphatic carbocycles. The van der Waals surface area contributed by atoms with E-state index in [0.29, 0.717) is 5.57 Å². The van der Waals surface area contributed by atoms with Crippen LogP contribution in [-0.4, -0.2) is 10.9 Å². The molecule has 3 heteroatoms. The molecule has 0 aliphatic heterocycles. The maximum Gasteiger partial charge on any atom is 0.250 e. The van der Waals surface area contributed by atoms with Gasteiger partial charge in [-0.05, 0) is 19.1 Å². The van der Waals surface area contributed by atoms with Crippen molar-refractivity contribution in [3.05, 3.63) is 30.1 Å². The first kappa shape index (κ1) is 7.60. The summed E-state index contributed by atoms with van der Waals surface area (Å²) in [4.78, 5) is 13.7.